The highest BCUT2D eigenvalue weighted by atomic mass is 19.2. The Bertz CT molecular complexity index is 403. The van der Waals surface area contributed by atoms with Gasteiger partial charge in [0.2, 0.25) is 5.91 Å². The first kappa shape index (κ1) is 11.4. The van der Waals surface area contributed by atoms with Gasteiger partial charge in [0.1, 0.15) is 5.69 Å². The van der Waals surface area contributed by atoms with Crippen LogP contribution in [0.25, 0.3) is 0 Å². The fraction of sp³-hybridized carbons (Fsp3) is 0.222. The van der Waals surface area contributed by atoms with Crippen molar-refractivity contribution in [3.63, 3.8) is 0 Å². The third kappa shape index (κ3) is 1.88. The normalized spacial score (nSPS) is 10.2. The summed E-state index contributed by atoms with van der Waals surface area (Å²) in [5.74, 6) is -4.55. The highest BCUT2D eigenvalue weighted by Gasteiger charge is 2.21. The van der Waals surface area contributed by atoms with E-state index in [4.69, 9.17) is 5.73 Å². The lowest BCUT2D eigenvalue weighted by Gasteiger charge is -2.11. The predicted octanol–water partition coefficient (Wildman–Crippen LogP) is 1.95. The van der Waals surface area contributed by atoms with E-state index in [-0.39, 0.29) is 5.56 Å². The number of rotatable bonds is 1. The molecule has 1 rings (SSSR count). The molecular formula is C9H9F3N2O. The fourth-order valence-electron chi connectivity index (χ4n) is 1.13. The van der Waals surface area contributed by atoms with E-state index in [0.29, 0.717) is 0 Å². The van der Waals surface area contributed by atoms with Crippen LogP contribution >= 0.6 is 0 Å². The molecule has 0 radical (unpaired) electrons. The summed E-state index contributed by atoms with van der Waals surface area (Å²) >= 11 is 0. The third-order valence-corrected chi connectivity index (χ3v) is 1.89. The van der Waals surface area contributed by atoms with Gasteiger partial charge in [-0.05, 0) is 6.92 Å². The summed E-state index contributed by atoms with van der Waals surface area (Å²) < 4.78 is 39.4. The lowest BCUT2D eigenvalue weighted by Crippen LogP contribution is -2.13. The molecule has 6 heteroatoms. The van der Waals surface area contributed by atoms with Gasteiger partial charge in [-0.1, -0.05) is 0 Å². The smallest absolute Gasteiger partial charge is 0.221 e. The van der Waals surface area contributed by atoms with E-state index in [1.165, 1.54) is 6.92 Å². The Hall–Kier alpha value is -1.72. The van der Waals surface area contributed by atoms with Gasteiger partial charge in [0.15, 0.2) is 17.5 Å². The number of anilines is 2. The van der Waals surface area contributed by atoms with Crippen LogP contribution < -0.4 is 11.1 Å². The molecule has 3 nitrogen and oxygen atoms in total. The van der Waals surface area contributed by atoms with Gasteiger partial charge in [0.05, 0.1) is 5.69 Å². The maximum Gasteiger partial charge on any atom is 0.221 e. The maximum atomic E-state index is 13.2. The molecule has 0 aromatic heterocycles. The minimum Gasteiger partial charge on any atom is -0.394 e. The van der Waals surface area contributed by atoms with Crippen molar-refractivity contribution in [2.75, 3.05) is 11.1 Å². The number of carbonyl (C=O) groups is 1. The molecule has 0 bridgehead atoms. The number of hydrogen-bond acceptors (Lipinski definition) is 2. The minimum absolute atomic E-state index is 0.235. The second-order valence-corrected chi connectivity index (χ2v) is 3.04. The molecule has 0 spiro atoms. The van der Waals surface area contributed by atoms with Crippen LogP contribution in [0.15, 0.2) is 0 Å². The minimum atomic E-state index is -1.50. The molecule has 0 unspecified atom stereocenters. The van der Waals surface area contributed by atoms with Gasteiger partial charge in [-0.15, -0.1) is 0 Å². The van der Waals surface area contributed by atoms with Crippen LogP contribution in [0.2, 0.25) is 0 Å². The van der Waals surface area contributed by atoms with Gasteiger partial charge in [-0.2, -0.15) is 0 Å². The molecule has 0 saturated carbocycles. The molecule has 1 aromatic rings. The lowest BCUT2D eigenvalue weighted by atomic mass is 10.1. The number of amides is 1. The Labute approximate surface area is 84.1 Å². The van der Waals surface area contributed by atoms with Crippen molar-refractivity contribution in [2.24, 2.45) is 0 Å². The Morgan fingerprint density at radius 1 is 1.20 bits per heavy atom. The predicted molar refractivity (Wildman–Crippen MR) is 49.8 cm³/mol. The van der Waals surface area contributed by atoms with Crippen LogP contribution in [0.3, 0.4) is 0 Å². The SMILES string of the molecule is CC(=O)Nc1c(C)c(F)c(N)c(F)c1F. The monoisotopic (exact) mass is 218 g/mol. The first-order valence-corrected chi connectivity index (χ1v) is 4.06. The van der Waals surface area contributed by atoms with Crippen molar-refractivity contribution in [1.82, 2.24) is 0 Å². The van der Waals surface area contributed by atoms with Gasteiger partial charge in [-0.25, -0.2) is 13.2 Å². The van der Waals surface area contributed by atoms with E-state index in [1.54, 1.807) is 0 Å². The zero-order valence-electron chi connectivity index (χ0n) is 8.12. The summed E-state index contributed by atoms with van der Waals surface area (Å²) in [6, 6.07) is 0. The van der Waals surface area contributed by atoms with Gasteiger partial charge in [-0.3, -0.25) is 4.79 Å². The summed E-state index contributed by atoms with van der Waals surface area (Å²) in [6.45, 7) is 2.30. The molecule has 0 aliphatic heterocycles. The number of nitrogen functional groups attached to an aromatic ring is 1. The highest BCUT2D eigenvalue weighted by Crippen LogP contribution is 2.29. The Morgan fingerprint density at radius 2 is 1.73 bits per heavy atom. The molecule has 0 aliphatic carbocycles. The standard InChI is InChI=1S/C9H9F3N2O/c1-3-5(10)8(13)6(11)7(12)9(3)14-4(2)15/h13H2,1-2H3,(H,14,15). The topological polar surface area (TPSA) is 55.1 Å². The molecule has 0 aliphatic rings. The average Bonchev–Trinajstić information content (AvgIpc) is 2.18. The quantitative estimate of drug-likeness (QED) is 0.559. The van der Waals surface area contributed by atoms with Crippen molar-refractivity contribution in [1.29, 1.82) is 0 Å². The van der Waals surface area contributed by atoms with Crippen LogP contribution in [0.1, 0.15) is 12.5 Å². The van der Waals surface area contributed by atoms with Crippen LogP contribution in [0.4, 0.5) is 24.5 Å². The van der Waals surface area contributed by atoms with Crippen LogP contribution in [0, 0.1) is 24.4 Å². The summed E-state index contributed by atoms with van der Waals surface area (Å²) in [5, 5.41) is 2.00. The zero-order chi connectivity index (χ0) is 11.7. The second kappa shape index (κ2) is 3.80. The summed E-state index contributed by atoms with van der Waals surface area (Å²) in [4.78, 5) is 10.7. The fourth-order valence-corrected chi connectivity index (χ4v) is 1.13. The number of benzene rings is 1. The molecule has 0 atom stereocenters. The molecular weight excluding hydrogens is 209 g/mol. The number of nitrogens with two attached hydrogens (primary N) is 1. The van der Waals surface area contributed by atoms with Crippen LogP contribution in [-0.2, 0) is 4.79 Å². The lowest BCUT2D eigenvalue weighted by molar-refractivity contribution is -0.114. The molecule has 3 N–H and O–H groups in total. The van der Waals surface area contributed by atoms with E-state index in [9.17, 15) is 18.0 Å². The number of halogens is 3. The van der Waals surface area contributed by atoms with Crippen LogP contribution in [-0.4, -0.2) is 5.91 Å². The van der Waals surface area contributed by atoms with E-state index in [1.807, 2.05) is 5.32 Å². The van der Waals surface area contributed by atoms with Crippen molar-refractivity contribution < 1.29 is 18.0 Å². The summed E-state index contributed by atoms with van der Waals surface area (Å²) in [7, 11) is 0. The molecule has 1 amide bonds. The summed E-state index contributed by atoms with van der Waals surface area (Å²) in [5.41, 5.74) is 3.33. The van der Waals surface area contributed by atoms with Gasteiger partial charge in [0.25, 0.3) is 0 Å². The number of nitrogens with one attached hydrogen (secondary N) is 1. The highest BCUT2D eigenvalue weighted by molar-refractivity contribution is 5.90. The van der Waals surface area contributed by atoms with E-state index < -0.39 is 34.7 Å². The van der Waals surface area contributed by atoms with E-state index in [2.05, 4.69) is 0 Å². The van der Waals surface area contributed by atoms with E-state index in [0.717, 1.165) is 6.92 Å². The molecule has 0 saturated heterocycles. The van der Waals surface area contributed by atoms with Gasteiger partial charge >= 0.3 is 0 Å². The number of hydrogen-bond donors (Lipinski definition) is 2. The Morgan fingerprint density at radius 3 is 2.20 bits per heavy atom. The molecule has 0 heterocycles. The van der Waals surface area contributed by atoms with E-state index >= 15 is 0 Å². The molecule has 82 valence electrons. The van der Waals surface area contributed by atoms with Crippen molar-refractivity contribution in [2.45, 2.75) is 13.8 Å². The van der Waals surface area contributed by atoms with Crippen molar-refractivity contribution in [3.8, 4) is 0 Å². The third-order valence-electron chi connectivity index (χ3n) is 1.89. The zero-order valence-corrected chi connectivity index (χ0v) is 8.12. The van der Waals surface area contributed by atoms with Crippen molar-refractivity contribution in [3.05, 3.63) is 23.0 Å². The first-order valence-electron chi connectivity index (χ1n) is 4.06. The largest absolute Gasteiger partial charge is 0.394 e. The molecule has 15 heavy (non-hydrogen) atoms. The Balaban J connectivity index is 3.45. The Kier molecular flexibility index (Phi) is 2.88. The van der Waals surface area contributed by atoms with Gasteiger partial charge in [0, 0.05) is 12.5 Å². The second-order valence-electron chi connectivity index (χ2n) is 3.04. The van der Waals surface area contributed by atoms with Crippen LogP contribution in [0.5, 0.6) is 0 Å². The molecule has 0 fully saturated rings. The molecule has 1 aromatic carbocycles. The first-order chi connectivity index (χ1) is 6.86. The maximum absolute atomic E-state index is 13.2. The summed E-state index contributed by atoms with van der Waals surface area (Å²) in [6.07, 6.45) is 0. The van der Waals surface area contributed by atoms with Crippen molar-refractivity contribution >= 4 is 17.3 Å². The number of carbonyl (C=O) groups excluding carboxylic acids is 1. The van der Waals surface area contributed by atoms with Gasteiger partial charge < -0.3 is 11.1 Å². The average molecular weight is 218 g/mol.